The fraction of sp³-hybridized carbons (Fsp3) is 0.647. The van der Waals surface area contributed by atoms with Crippen LogP contribution in [0.5, 0.6) is 11.5 Å². The van der Waals surface area contributed by atoms with Gasteiger partial charge in [-0.1, -0.05) is 23.2 Å². The van der Waals surface area contributed by atoms with Crippen molar-refractivity contribution in [3.63, 3.8) is 0 Å². The third kappa shape index (κ3) is 4.21. The van der Waals surface area contributed by atoms with Gasteiger partial charge in [0.15, 0.2) is 11.5 Å². The lowest BCUT2D eigenvalue weighted by molar-refractivity contribution is 0.173. The standard InChI is InChI=1S/C17H23Cl2NO2/c1-21-17-15(19)9-13(18)10-16(17)22-14-3-2-7-20(8-6-14)11-12-4-5-12/h9-10,12,14H,2-8,11H2,1H3. The normalized spacial score (nSPS) is 23.1. The number of halogens is 2. The minimum Gasteiger partial charge on any atom is -0.491 e. The fourth-order valence-electron chi connectivity index (χ4n) is 3.09. The van der Waals surface area contributed by atoms with Crippen LogP contribution in [-0.2, 0) is 0 Å². The molecule has 2 fully saturated rings. The first-order valence-electron chi connectivity index (χ1n) is 8.07. The predicted molar refractivity (Wildman–Crippen MR) is 90.4 cm³/mol. The van der Waals surface area contributed by atoms with Crippen LogP contribution >= 0.6 is 23.2 Å². The van der Waals surface area contributed by atoms with E-state index in [1.165, 1.54) is 32.4 Å². The molecule has 0 spiro atoms. The summed E-state index contributed by atoms with van der Waals surface area (Å²) in [6, 6.07) is 3.47. The molecule has 3 nitrogen and oxygen atoms in total. The molecule has 1 aromatic carbocycles. The fourth-order valence-corrected chi connectivity index (χ4v) is 3.65. The Balaban J connectivity index is 1.62. The molecule has 0 N–H and O–H groups in total. The van der Waals surface area contributed by atoms with Crippen LogP contribution in [-0.4, -0.2) is 37.7 Å². The summed E-state index contributed by atoms with van der Waals surface area (Å²) in [7, 11) is 1.60. The SMILES string of the molecule is COc1c(Cl)cc(Cl)cc1OC1CCCN(CC2CC2)CC1. The largest absolute Gasteiger partial charge is 0.491 e. The Morgan fingerprint density at radius 2 is 1.95 bits per heavy atom. The van der Waals surface area contributed by atoms with Crippen LogP contribution < -0.4 is 9.47 Å². The molecule has 5 heteroatoms. The second-order valence-electron chi connectivity index (χ2n) is 6.33. The number of likely N-dealkylation sites (tertiary alicyclic amines) is 1. The summed E-state index contributed by atoms with van der Waals surface area (Å²) < 4.78 is 11.5. The van der Waals surface area contributed by atoms with Gasteiger partial charge in [-0.3, -0.25) is 0 Å². The molecule has 1 saturated heterocycles. The quantitative estimate of drug-likeness (QED) is 0.776. The summed E-state index contributed by atoms with van der Waals surface area (Å²) >= 11 is 12.3. The Hall–Kier alpha value is -0.640. The lowest BCUT2D eigenvalue weighted by Crippen LogP contribution is -2.28. The zero-order valence-electron chi connectivity index (χ0n) is 13.0. The van der Waals surface area contributed by atoms with Crippen molar-refractivity contribution in [3.8, 4) is 11.5 Å². The van der Waals surface area contributed by atoms with Crippen LogP contribution in [0.1, 0.15) is 32.1 Å². The second-order valence-corrected chi connectivity index (χ2v) is 7.18. The van der Waals surface area contributed by atoms with Crippen LogP contribution in [0.25, 0.3) is 0 Å². The molecule has 1 unspecified atom stereocenters. The first kappa shape index (κ1) is 16.2. The molecule has 2 aliphatic rings. The molecule has 0 amide bonds. The number of hydrogen-bond acceptors (Lipinski definition) is 3. The second kappa shape index (κ2) is 7.29. The highest BCUT2D eigenvalue weighted by Gasteiger charge is 2.26. The van der Waals surface area contributed by atoms with Gasteiger partial charge in [-0.2, -0.15) is 0 Å². The maximum absolute atomic E-state index is 6.17. The molecule has 1 heterocycles. The summed E-state index contributed by atoms with van der Waals surface area (Å²) in [5, 5.41) is 1.07. The molecule has 3 rings (SSSR count). The van der Waals surface area contributed by atoms with Crippen LogP contribution in [0, 0.1) is 5.92 Å². The molecule has 0 bridgehead atoms. The van der Waals surface area contributed by atoms with Gasteiger partial charge in [-0.05, 0) is 50.6 Å². The van der Waals surface area contributed by atoms with Gasteiger partial charge in [0.05, 0.1) is 12.1 Å². The van der Waals surface area contributed by atoms with E-state index in [-0.39, 0.29) is 6.10 Å². The Morgan fingerprint density at radius 3 is 2.68 bits per heavy atom. The van der Waals surface area contributed by atoms with Crippen molar-refractivity contribution in [3.05, 3.63) is 22.2 Å². The smallest absolute Gasteiger partial charge is 0.179 e. The lowest BCUT2D eigenvalue weighted by atomic mass is 10.1. The van der Waals surface area contributed by atoms with Gasteiger partial charge < -0.3 is 14.4 Å². The average molecular weight is 344 g/mol. The van der Waals surface area contributed by atoms with Gasteiger partial charge in [-0.15, -0.1) is 0 Å². The first-order chi connectivity index (χ1) is 10.7. The van der Waals surface area contributed by atoms with Crippen LogP contribution in [0.15, 0.2) is 12.1 Å². The van der Waals surface area contributed by atoms with Crippen molar-refractivity contribution in [1.29, 1.82) is 0 Å². The summed E-state index contributed by atoms with van der Waals surface area (Å²) in [5.74, 6) is 2.18. The van der Waals surface area contributed by atoms with Crippen molar-refractivity contribution in [2.45, 2.75) is 38.2 Å². The van der Waals surface area contributed by atoms with Gasteiger partial charge in [0.25, 0.3) is 0 Å². The topological polar surface area (TPSA) is 21.7 Å². The molecule has 122 valence electrons. The maximum Gasteiger partial charge on any atom is 0.179 e. The van der Waals surface area contributed by atoms with Crippen molar-refractivity contribution in [1.82, 2.24) is 4.90 Å². The minimum absolute atomic E-state index is 0.202. The monoisotopic (exact) mass is 343 g/mol. The van der Waals surface area contributed by atoms with Crippen molar-refractivity contribution >= 4 is 23.2 Å². The highest BCUT2D eigenvalue weighted by Crippen LogP contribution is 2.39. The van der Waals surface area contributed by atoms with Gasteiger partial charge in [0.1, 0.15) is 6.10 Å². The van der Waals surface area contributed by atoms with E-state index in [9.17, 15) is 0 Å². The average Bonchev–Trinajstić information content (AvgIpc) is 3.28. The Labute approximate surface area is 142 Å². The van der Waals surface area contributed by atoms with Gasteiger partial charge in [0.2, 0.25) is 0 Å². The van der Waals surface area contributed by atoms with Crippen molar-refractivity contribution < 1.29 is 9.47 Å². The Kier molecular flexibility index (Phi) is 5.37. The third-order valence-corrected chi connectivity index (χ3v) is 4.95. The zero-order chi connectivity index (χ0) is 15.5. The number of rotatable bonds is 5. The Morgan fingerprint density at radius 1 is 1.14 bits per heavy atom. The van der Waals surface area contributed by atoms with E-state index >= 15 is 0 Å². The first-order valence-corrected chi connectivity index (χ1v) is 8.83. The highest BCUT2D eigenvalue weighted by atomic mass is 35.5. The van der Waals surface area contributed by atoms with E-state index in [0.717, 1.165) is 25.3 Å². The molecule has 1 saturated carbocycles. The van der Waals surface area contributed by atoms with E-state index in [4.69, 9.17) is 32.7 Å². The summed E-state index contributed by atoms with van der Waals surface area (Å²) in [4.78, 5) is 2.59. The number of methoxy groups -OCH3 is 1. The molecule has 1 atom stereocenters. The minimum atomic E-state index is 0.202. The number of benzene rings is 1. The van der Waals surface area contributed by atoms with E-state index in [2.05, 4.69) is 4.90 Å². The molecule has 1 aromatic rings. The molecule has 0 aromatic heterocycles. The highest BCUT2D eigenvalue weighted by molar-refractivity contribution is 6.35. The van der Waals surface area contributed by atoms with Crippen LogP contribution in [0.3, 0.4) is 0 Å². The third-order valence-electron chi connectivity index (χ3n) is 4.45. The zero-order valence-corrected chi connectivity index (χ0v) is 14.5. The number of hydrogen-bond donors (Lipinski definition) is 0. The number of nitrogens with zero attached hydrogens (tertiary/aromatic N) is 1. The molecular weight excluding hydrogens is 321 g/mol. The molecule has 0 radical (unpaired) electrons. The summed E-state index contributed by atoms with van der Waals surface area (Å²) in [6.45, 7) is 3.56. The number of ether oxygens (including phenoxy) is 2. The van der Waals surface area contributed by atoms with Crippen LogP contribution in [0.2, 0.25) is 10.0 Å². The van der Waals surface area contributed by atoms with E-state index < -0.39 is 0 Å². The molecule has 1 aliphatic heterocycles. The lowest BCUT2D eigenvalue weighted by Gasteiger charge is -2.21. The summed E-state index contributed by atoms with van der Waals surface area (Å²) in [6.07, 6.45) is 6.30. The molecule has 22 heavy (non-hydrogen) atoms. The van der Waals surface area contributed by atoms with Crippen LogP contribution in [0.4, 0.5) is 0 Å². The van der Waals surface area contributed by atoms with Gasteiger partial charge in [-0.25, -0.2) is 0 Å². The van der Waals surface area contributed by atoms with E-state index in [1.807, 2.05) is 0 Å². The summed E-state index contributed by atoms with van der Waals surface area (Å²) in [5.41, 5.74) is 0. The molecular formula is C17H23Cl2NO2. The van der Waals surface area contributed by atoms with Crippen molar-refractivity contribution in [2.24, 2.45) is 5.92 Å². The van der Waals surface area contributed by atoms with Crippen molar-refractivity contribution in [2.75, 3.05) is 26.7 Å². The predicted octanol–water partition coefficient (Wildman–Crippen LogP) is 4.65. The van der Waals surface area contributed by atoms with Gasteiger partial charge in [0, 0.05) is 24.2 Å². The molecule has 1 aliphatic carbocycles. The Bertz CT molecular complexity index is 520. The maximum atomic E-state index is 6.17. The van der Waals surface area contributed by atoms with E-state index in [0.29, 0.717) is 21.5 Å². The van der Waals surface area contributed by atoms with E-state index in [1.54, 1.807) is 19.2 Å². The van der Waals surface area contributed by atoms with Gasteiger partial charge >= 0.3 is 0 Å².